The molecule has 1 nitrogen and oxygen atoms in total. The van der Waals surface area contributed by atoms with E-state index in [2.05, 4.69) is 40.0 Å². The predicted octanol–water partition coefficient (Wildman–Crippen LogP) is 4.60. The zero-order valence-electron chi connectivity index (χ0n) is 8.50. The molecule has 0 bridgehead atoms. The molecule has 1 aromatic carbocycles. The molecule has 14 heavy (non-hydrogen) atoms. The number of hydrogen-bond acceptors (Lipinski definition) is 1. The van der Waals surface area contributed by atoms with Gasteiger partial charge in [-0.25, -0.2) is 0 Å². The molecule has 0 spiro atoms. The Morgan fingerprint density at radius 1 is 1.21 bits per heavy atom. The zero-order chi connectivity index (χ0) is 11.4. The molecule has 1 aromatic rings. The Morgan fingerprint density at radius 2 is 1.64 bits per heavy atom. The van der Waals surface area contributed by atoms with Gasteiger partial charge in [-0.3, -0.25) is 4.79 Å². The van der Waals surface area contributed by atoms with E-state index in [9.17, 15) is 4.79 Å². The van der Waals surface area contributed by atoms with Crippen molar-refractivity contribution in [3.63, 3.8) is 0 Å². The molecule has 0 atom stereocenters. The van der Waals surface area contributed by atoms with E-state index in [0.29, 0.717) is 9.47 Å². The van der Waals surface area contributed by atoms with Crippen LogP contribution in [0.2, 0.25) is 0 Å². The van der Waals surface area contributed by atoms with Gasteiger partial charge < -0.3 is 0 Å². The van der Waals surface area contributed by atoms with Gasteiger partial charge in [-0.05, 0) is 12.5 Å². The fraction of sp³-hybridized carbons (Fsp3) is 0.300. The molecular weight excluding hydrogens is 441 g/mol. The number of aldehydes is 1. The average molecular weight is 455 g/mol. The van der Waals surface area contributed by atoms with Gasteiger partial charge in [0.2, 0.25) is 0 Å². The number of halogens is 2. The van der Waals surface area contributed by atoms with Crippen molar-refractivity contribution in [2.24, 2.45) is 0 Å². The van der Waals surface area contributed by atoms with Crippen LogP contribution in [0.4, 0.5) is 0 Å². The number of benzene rings is 1. The van der Waals surface area contributed by atoms with E-state index < -0.39 is 0 Å². The normalized spacial score (nSPS) is 7.21. The van der Waals surface area contributed by atoms with Crippen molar-refractivity contribution in [1.82, 2.24) is 0 Å². The summed E-state index contributed by atoms with van der Waals surface area (Å²) in [5.41, 5.74) is 1.81. The van der Waals surface area contributed by atoms with Gasteiger partial charge in [-0.2, -0.15) is 0 Å². The molecule has 0 amide bonds. The Bertz CT molecular complexity index is 241. The fourth-order valence-electron chi connectivity index (χ4n) is 0.719. The second-order valence-electron chi connectivity index (χ2n) is 2.04. The molecule has 0 radical (unpaired) electrons. The number of carbonyl (C=O) groups excluding carboxylic acids is 1. The van der Waals surface area contributed by atoms with Crippen LogP contribution in [-0.2, 0) is 9.47 Å². The first-order chi connectivity index (χ1) is 6.76. The summed E-state index contributed by atoms with van der Waals surface area (Å²) < 4.78 is 0. The van der Waals surface area contributed by atoms with Gasteiger partial charge in [-0.15, -0.1) is 0 Å². The first-order valence-corrected chi connectivity index (χ1v) is 13.2. The van der Waals surface area contributed by atoms with E-state index in [1.54, 1.807) is 0 Å². The fourth-order valence-corrected chi connectivity index (χ4v) is 0.719. The second kappa shape index (κ2) is 13.9. The van der Waals surface area contributed by atoms with Crippen molar-refractivity contribution in [3.8, 4) is 0 Å². The minimum atomic E-state index is 0.628. The van der Waals surface area contributed by atoms with E-state index in [4.69, 9.17) is 0 Å². The molecule has 0 aromatic heterocycles. The molecule has 1 rings (SSSR count). The first-order valence-electron chi connectivity index (χ1n) is 4.19. The molecule has 0 saturated carbocycles. The minimum absolute atomic E-state index is 0.628. The van der Waals surface area contributed by atoms with E-state index in [0.717, 1.165) is 17.4 Å². The van der Waals surface area contributed by atoms with Crippen LogP contribution >= 0.6 is 40.0 Å². The van der Waals surface area contributed by atoms with Gasteiger partial charge in [0.05, 0.1) is 0 Å². The molecule has 0 aliphatic rings. The van der Waals surface area contributed by atoms with Crippen molar-refractivity contribution < 1.29 is 14.3 Å². The van der Waals surface area contributed by atoms with Crippen LogP contribution in [0.15, 0.2) is 24.3 Å². The Labute approximate surface area is 115 Å². The molecule has 0 heterocycles. The van der Waals surface area contributed by atoms with Crippen LogP contribution in [0, 0.1) is 6.92 Å². The molecule has 79 valence electrons. The Balaban J connectivity index is 0. The number of rotatable bonds is 1. The van der Waals surface area contributed by atoms with Crippen LogP contribution < -0.4 is 0 Å². The monoisotopic (exact) mass is 455 g/mol. The molecule has 4 heteroatoms. The Hall–Kier alpha value is 0.934. The standard InChI is InChI=1S/C8H8O.C2H6.2HI.V/c1-7-4-2-3-5-8(7)6-9;1-2;;;/h2-6H,1H3;1-2H3;2*1H;/q;;;;+2/p-2. The predicted molar refractivity (Wildman–Crippen MR) is 76.0 cm³/mol. The van der Waals surface area contributed by atoms with Gasteiger partial charge in [0.15, 0.2) is 0 Å². The summed E-state index contributed by atoms with van der Waals surface area (Å²) >= 11 is 4.74. The van der Waals surface area contributed by atoms with Crippen molar-refractivity contribution in [2.45, 2.75) is 20.8 Å². The summed E-state index contributed by atoms with van der Waals surface area (Å²) in [4.78, 5) is 10.2. The molecule has 0 fully saturated rings. The second-order valence-corrected chi connectivity index (χ2v) is 13.8. The van der Waals surface area contributed by atoms with E-state index in [-0.39, 0.29) is 0 Å². The van der Waals surface area contributed by atoms with Crippen molar-refractivity contribution >= 4 is 46.2 Å². The zero-order valence-corrected chi connectivity index (χ0v) is 14.2. The van der Waals surface area contributed by atoms with Crippen molar-refractivity contribution in [2.75, 3.05) is 0 Å². The molecule has 0 unspecified atom stereocenters. The third-order valence-electron chi connectivity index (χ3n) is 1.32. The Morgan fingerprint density at radius 3 is 1.93 bits per heavy atom. The first kappa shape index (κ1) is 17.3. The van der Waals surface area contributed by atoms with Gasteiger partial charge in [0.1, 0.15) is 6.29 Å². The van der Waals surface area contributed by atoms with Crippen LogP contribution in [0.3, 0.4) is 0 Å². The van der Waals surface area contributed by atoms with Crippen LogP contribution in [0.5, 0.6) is 0 Å². The van der Waals surface area contributed by atoms with Gasteiger partial charge in [0, 0.05) is 5.56 Å². The number of aryl methyl sites for hydroxylation is 1. The molecule has 0 saturated heterocycles. The number of hydrogen-bond donors (Lipinski definition) is 0. The summed E-state index contributed by atoms with van der Waals surface area (Å²) in [7, 11) is 0.628. The summed E-state index contributed by atoms with van der Waals surface area (Å²) in [6.45, 7) is 5.92. The average Bonchev–Trinajstić information content (AvgIpc) is 2.23. The molecular formula is C10H14I2OV. The van der Waals surface area contributed by atoms with Crippen molar-refractivity contribution in [1.29, 1.82) is 0 Å². The molecule has 0 aliphatic carbocycles. The third kappa shape index (κ3) is 9.49. The summed E-state index contributed by atoms with van der Waals surface area (Å²) in [5, 5.41) is 0. The van der Waals surface area contributed by atoms with Crippen LogP contribution in [0.25, 0.3) is 0 Å². The SMILES string of the molecule is CC.Cc1ccccc1C=O.[I][V][I]. The van der Waals surface area contributed by atoms with E-state index >= 15 is 0 Å². The topological polar surface area (TPSA) is 17.1 Å². The maximum absolute atomic E-state index is 10.2. The van der Waals surface area contributed by atoms with Gasteiger partial charge in [0.25, 0.3) is 0 Å². The summed E-state index contributed by atoms with van der Waals surface area (Å²) in [6.07, 6.45) is 0.870. The molecule has 0 N–H and O–H groups in total. The number of carbonyl (C=O) groups is 1. The van der Waals surface area contributed by atoms with Crippen molar-refractivity contribution in [3.05, 3.63) is 35.4 Å². The van der Waals surface area contributed by atoms with E-state index in [1.165, 1.54) is 0 Å². The van der Waals surface area contributed by atoms with E-state index in [1.807, 2.05) is 45.0 Å². The summed E-state index contributed by atoms with van der Waals surface area (Å²) in [6, 6.07) is 7.51. The molecule has 0 aliphatic heterocycles. The van der Waals surface area contributed by atoms with Crippen LogP contribution in [-0.4, -0.2) is 6.29 Å². The third-order valence-corrected chi connectivity index (χ3v) is 1.32. The van der Waals surface area contributed by atoms with Gasteiger partial charge >= 0.3 is 49.4 Å². The summed E-state index contributed by atoms with van der Waals surface area (Å²) in [5.74, 6) is 0. The van der Waals surface area contributed by atoms with Crippen LogP contribution in [0.1, 0.15) is 29.8 Å². The Kier molecular flexibility index (Phi) is 17.3. The van der Waals surface area contributed by atoms with Gasteiger partial charge in [-0.1, -0.05) is 38.1 Å². The maximum atomic E-state index is 10.2. The quantitative estimate of drug-likeness (QED) is 0.447.